The molecule has 1 N–H and O–H groups in total. The molecule has 1 aromatic heterocycles. The van der Waals surface area contributed by atoms with Gasteiger partial charge in [-0.3, -0.25) is 9.59 Å². The Kier molecular flexibility index (Phi) is 6.56. The maximum Gasteiger partial charge on any atom is 0.309 e. The third-order valence-corrected chi connectivity index (χ3v) is 3.66. The summed E-state index contributed by atoms with van der Waals surface area (Å²) in [6.07, 6.45) is 0.112. The Morgan fingerprint density at radius 2 is 2.00 bits per heavy atom. The Bertz CT molecular complexity index is 701. The van der Waals surface area contributed by atoms with Crippen LogP contribution in [-0.2, 0) is 20.9 Å². The van der Waals surface area contributed by atoms with E-state index >= 15 is 0 Å². The Morgan fingerprint density at radius 3 is 2.71 bits per heavy atom. The van der Waals surface area contributed by atoms with Crippen molar-refractivity contribution >= 4 is 28.3 Å². The molecule has 24 heavy (non-hydrogen) atoms. The molecule has 0 spiro atoms. The predicted molar refractivity (Wildman–Crippen MR) is 89.3 cm³/mol. The molecule has 8 heteroatoms. The Morgan fingerprint density at radius 1 is 1.25 bits per heavy atom. The quantitative estimate of drug-likeness (QED) is 0.737. The van der Waals surface area contributed by atoms with Crippen molar-refractivity contribution in [1.29, 1.82) is 0 Å². The van der Waals surface area contributed by atoms with Gasteiger partial charge in [0.25, 0.3) is 0 Å². The molecule has 0 saturated heterocycles. The Hall–Kier alpha value is -2.61. The summed E-state index contributed by atoms with van der Waals surface area (Å²) in [5, 5.41) is 4.78. The number of carbonyl (C=O) groups is 2. The van der Waals surface area contributed by atoms with E-state index in [1.165, 1.54) is 18.3 Å². The minimum absolute atomic E-state index is 0.0591. The standard InChI is InChI=1S/C16H18N2O5S/c1-11(19)17-16-18-12(10-24-16)9-23-15(20)7-8-22-14-6-4-3-5-13(14)21-2/h3-6,10H,7-9H2,1-2H3,(H,17,18,19). The maximum atomic E-state index is 11.7. The number of thiazole rings is 1. The van der Waals surface area contributed by atoms with Crippen molar-refractivity contribution in [2.45, 2.75) is 20.0 Å². The van der Waals surface area contributed by atoms with E-state index in [1.54, 1.807) is 24.6 Å². The summed E-state index contributed by atoms with van der Waals surface area (Å²) in [7, 11) is 1.56. The molecule has 0 fully saturated rings. The number of nitrogens with zero attached hydrogens (tertiary/aromatic N) is 1. The van der Waals surface area contributed by atoms with Crippen LogP contribution in [0.5, 0.6) is 11.5 Å². The minimum atomic E-state index is -0.390. The smallest absolute Gasteiger partial charge is 0.309 e. The number of rotatable bonds is 8. The van der Waals surface area contributed by atoms with Crippen molar-refractivity contribution in [2.75, 3.05) is 19.0 Å². The normalized spacial score (nSPS) is 10.1. The lowest BCUT2D eigenvalue weighted by molar-refractivity contribution is -0.145. The molecule has 0 radical (unpaired) electrons. The molecular weight excluding hydrogens is 332 g/mol. The topological polar surface area (TPSA) is 86.8 Å². The molecule has 0 saturated carbocycles. The van der Waals surface area contributed by atoms with E-state index in [9.17, 15) is 9.59 Å². The lowest BCUT2D eigenvalue weighted by Crippen LogP contribution is -2.10. The average molecular weight is 350 g/mol. The highest BCUT2D eigenvalue weighted by Crippen LogP contribution is 2.25. The second-order valence-corrected chi connectivity index (χ2v) is 5.59. The van der Waals surface area contributed by atoms with Gasteiger partial charge in [-0.2, -0.15) is 0 Å². The first-order chi connectivity index (χ1) is 11.6. The number of esters is 1. The van der Waals surface area contributed by atoms with Crippen LogP contribution < -0.4 is 14.8 Å². The lowest BCUT2D eigenvalue weighted by Gasteiger charge is -2.09. The van der Waals surface area contributed by atoms with Crippen LogP contribution in [0.1, 0.15) is 19.0 Å². The van der Waals surface area contributed by atoms with Gasteiger partial charge < -0.3 is 19.5 Å². The summed E-state index contributed by atoms with van der Waals surface area (Å²) in [6.45, 7) is 1.65. The van der Waals surface area contributed by atoms with Gasteiger partial charge in [-0.05, 0) is 12.1 Å². The number of benzene rings is 1. The van der Waals surface area contributed by atoms with E-state index in [-0.39, 0.29) is 31.5 Å². The number of carbonyl (C=O) groups excluding carboxylic acids is 2. The molecule has 128 valence electrons. The zero-order valence-electron chi connectivity index (χ0n) is 13.4. The molecule has 1 aromatic carbocycles. The molecule has 0 aliphatic rings. The Labute approximate surface area is 143 Å². The highest BCUT2D eigenvalue weighted by atomic mass is 32.1. The number of para-hydroxylation sites is 2. The number of nitrogens with one attached hydrogen (secondary N) is 1. The highest BCUT2D eigenvalue weighted by molar-refractivity contribution is 7.13. The third-order valence-electron chi connectivity index (χ3n) is 2.85. The van der Waals surface area contributed by atoms with E-state index in [2.05, 4.69) is 10.3 Å². The fourth-order valence-electron chi connectivity index (χ4n) is 1.79. The summed E-state index contributed by atoms with van der Waals surface area (Å²) in [4.78, 5) is 26.8. The molecule has 2 aromatic rings. The molecule has 0 unspecified atom stereocenters. The van der Waals surface area contributed by atoms with Gasteiger partial charge in [-0.15, -0.1) is 11.3 Å². The lowest BCUT2D eigenvalue weighted by atomic mass is 10.3. The molecule has 2 rings (SSSR count). The van der Waals surface area contributed by atoms with Gasteiger partial charge >= 0.3 is 5.97 Å². The summed E-state index contributed by atoms with van der Waals surface area (Å²) >= 11 is 1.28. The van der Waals surface area contributed by atoms with Gasteiger partial charge in [-0.25, -0.2) is 4.98 Å². The van der Waals surface area contributed by atoms with Gasteiger partial charge in [0.1, 0.15) is 6.61 Å². The van der Waals surface area contributed by atoms with Crippen molar-refractivity contribution in [2.24, 2.45) is 0 Å². The van der Waals surface area contributed by atoms with Gasteiger partial charge in [0.05, 0.1) is 25.8 Å². The first kappa shape index (κ1) is 17.7. The minimum Gasteiger partial charge on any atom is -0.493 e. The van der Waals surface area contributed by atoms with Crippen LogP contribution in [-0.4, -0.2) is 30.6 Å². The molecule has 0 atom stereocenters. The number of ether oxygens (including phenoxy) is 3. The fourth-order valence-corrected chi connectivity index (χ4v) is 2.53. The van der Waals surface area contributed by atoms with Crippen molar-refractivity contribution in [3.63, 3.8) is 0 Å². The van der Waals surface area contributed by atoms with E-state index in [0.717, 1.165) is 0 Å². The molecular formula is C16H18N2O5S. The van der Waals surface area contributed by atoms with Crippen molar-refractivity contribution in [1.82, 2.24) is 4.98 Å². The second kappa shape index (κ2) is 8.88. The van der Waals surface area contributed by atoms with Gasteiger partial charge in [-0.1, -0.05) is 12.1 Å². The molecule has 1 heterocycles. The van der Waals surface area contributed by atoms with Crippen LogP contribution in [0.25, 0.3) is 0 Å². The molecule has 7 nitrogen and oxygen atoms in total. The average Bonchev–Trinajstić information content (AvgIpc) is 3.00. The van der Waals surface area contributed by atoms with Crippen LogP contribution >= 0.6 is 11.3 Å². The molecule has 0 bridgehead atoms. The first-order valence-corrected chi connectivity index (χ1v) is 8.10. The summed E-state index contributed by atoms with van der Waals surface area (Å²) in [5.41, 5.74) is 0.586. The molecule has 1 amide bonds. The number of amides is 1. The zero-order chi connectivity index (χ0) is 17.4. The van der Waals surface area contributed by atoms with E-state index in [1.807, 2.05) is 12.1 Å². The van der Waals surface area contributed by atoms with Crippen LogP contribution in [0.4, 0.5) is 5.13 Å². The fraction of sp³-hybridized carbons (Fsp3) is 0.312. The number of hydrogen-bond donors (Lipinski definition) is 1. The van der Waals surface area contributed by atoms with Gasteiger partial charge in [0.2, 0.25) is 5.91 Å². The van der Waals surface area contributed by atoms with Crippen LogP contribution in [0, 0.1) is 0 Å². The number of aromatic nitrogens is 1. The predicted octanol–water partition coefficient (Wildman–Crippen LogP) is 2.62. The van der Waals surface area contributed by atoms with Crippen LogP contribution in [0.3, 0.4) is 0 Å². The monoisotopic (exact) mass is 350 g/mol. The van der Waals surface area contributed by atoms with Crippen LogP contribution in [0.15, 0.2) is 29.6 Å². The second-order valence-electron chi connectivity index (χ2n) is 4.74. The van der Waals surface area contributed by atoms with Crippen LogP contribution in [0.2, 0.25) is 0 Å². The first-order valence-electron chi connectivity index (χ1n) is 7.22. The van der Waals surface area contributed by atoms with E-state index < -0.39 is 0 Å². The highest BCUT2D eigenvalue weighted by Gasteiger charge is 2.09. The summed E-state index contributed by atoms with van der Waals surface area (Å²) < 4.78 is 15.8. The zero-order valence-corrected chi connectivity index (χ0v) is 14.2. The molecule has 0 aliphatic carbocycles. The number of methoxy groups -OCH3 is 1. The van der Waals surface area contributed by atoms with Crippen molar-refractivity contribution < 1.29 is 23.8 Å². The Balaban J connectivity index is 1.71. The maximum absolute atomic E-state index is 11.7. The van der Waals surface area contributed by atoms with Crippen molar-refractivity contribution in [3.8, 4) is 11.5 Å². The summed E-state index contributed by atoms with van der Waals surface area (Å²) in [5.74, 6) is 0.603. The largest absolute Gasteiger partial charge is 0.493 e. The van der Waals surface area contributed by atoms with Gasteiger partial charge in [0.15, 0.2) is 16.6 Å². The van der Waals surface area contributed by atoms with Crippen molar-refractivity contribution in [3.05, 3.63) is 35.3 Å². The van der Waals surface area contributed by atoms with E-state index in [0.29, 0.717) is 22.3 Å². The SMILES string of the molecule is COc1ccccc1OCCC(=O)OCc1csc(NC(C)=O)n1. The third kappa shape index (κ3) is 5.54. The molecule has 0 aliphatic heterocycles. The van der Waals surface area contributed by atoms with Gasteiger partial charge in [0, 0.05) is 12.3 Å². The summed E-state index contributed by atoms with van der Waals surface area (Å²) in [6, 6.07) is 7.21. The van der Waals surface area contributed by atoms with E-state index in [4.69, 9.17) is 14.2 Å². The number of hydrogen-bond acceptors (Lipinski definition) is 7. The number of anilines is 1.